The molecule has 0 fully saturated rings. The number of esters is 1. The largest absolute Gasteiger partial charge is 0.465 e. The molecule has 0 bridgehead atoms. The first-order valence-electron chi connectivity index (χ1n) is 10.5. The number of aryl methyl sites for hydroxylation is 1. The van der Waals surface area contributed by atoms with Crippen LogP contribution in [-0.2, 0) is 20.7 Å². The number of anilines is 1. The summed E-state index contributed by atoms with van der Waals surface area (Å²) in [6.45, 7) is 4.03. The highest BCUT2D eigenvalue weighted by molar-refractivity contribution is 7.21. The number of carbonyl (C=O) groups excluding carboxylic acids is 2. The van der Waals surface area contributed by atoms with E-state index in [1.165, 1.54) is 5.56 Å². The summed E-state index contributed by atoms with van der Waals surface area (Å²) in [7, 11) is 0. The van der Waals surface area contributed by atoms with Crippen molar-refractivity contribution in [1.82, 2.24) is 4.98 Å². The first kappa shape index (κ1) is 21.7. The summed E-state index contributed by atoms with van der Waals surface area (Å²) in [5, 5.41) is 3.79. The Morgan fingerprint density at radius 3 is 2.50 bits per heavy atom. The van der Waals surface area contributed by atoms with Crippen LogP contribution in [-0.4, -0.2) is 23.5 Å². The van der Waals surface area contributed by atoms with Crippen LogP contribution in [0.15, 0.2) is 72.8 Å². The van der Waals surface area contributed by atoms with Crippen LogP contribution >= 0.6 is 11.3 Å². The molecule has 4 aromatic rings. The summed E-state index contributed by atoms with van der Waals surface area (Å²) in [5.74, 6) is -1.81. The van der Waals surface area contributed by atoms with E-state index in [9.17, 15) is 9.59 Å². The Morgan fingerprint density at radius 1 is 1.03 bits per heavy atom. The molecule has 1 aromatic heterocycles. The van der Waals surface area contributed by atoms with Crippen molar-refractivity contribution >= 4 is 39.1 Å². The normalized spacial score (nSPS) is 11.8. The third-order valence-corrected chi connectivity index (χ3v) is 6.18. The fraction of sp³-hybridized carbons (Fsp3) is 0.192. The highest BCUT2D eigenvalue weighted by atomic mass is 32.1. The Bertz CT molecular complexity index is 1230. The molecule has 0 saturated carbocycles. The zero-order valence-electron chi connectivity index (χ0n) is 18.0. The molecule has 0 spiro atoms. The Balaban J connectivity index is 1.50. The van der Waals surface area contributed by atoms with Crippen molar-refractivity contribution < 1.29 is 14.3 Å². The minimum atomic E-state index is -0.912. The van der Waals surface area contributed by atoms with Gasteiger partial charge in [0.25, 0.3) is 0 Å². The van der Waals surface area contributed by atoms with Crippen LogP contribution in [0.1, 0.15) is 18.1 Å². The van der Waals surface area contributed by atoms with Crippen molar-refractivity contribution in [2.75, 3.05) is 11.9 Å². The van der Waals surface area contributed by atoms with E-state index in [-0.39, 0.29) is 18.9 Å². The smallest absolute Gasteiger partial charge is 0.318 e. The lowest BCUT2D eigenvalue weighted by molar-refractivity contribution is -0.150. The van der Waals surface area contributed by atoms with E-state index in [2.05, 4.69) is 24.4 Å². The first-order valence-corrected chi connectivity index (χ1v) is 11.3. The monoisotopic (exact) mass is 444 g/mol. The van der Waals surface area contributed by atoms with Gasteiger partial charge in [0.05, 0.1) is 16.8 Å². The van der Waals surface area contributed by atoms with E-state index in [1.54, 1.807) is 18.3 Å². The average Bonchev–Trinajstić information content (AvgIpc) is 3.22. The van der Waals surface area contributed by atoms with Crippen LogP contribution < -0.4 is 5.32 Å². The van der Waals surface area contributed by atoms with Gasteiger partial charge in [-0.3, -0.25) is 9.59 Å². The molecule has 1 amide bonds. The van der Waals surface area contributed by atoms with Crippen molar-refractivity contribution in [3.8, 4) is 10.6 Å². The standard InChI is InChI=1S/C26H24N2O3S/c1-3-31-26(30)21(16-18-7-5-4-6-8-18)24(29)27-20-12-10-19(11-13-20)25-28-22-14-9-17(2)15-23(22)32-25/h4-15,21H,3,16H2,1-2H3,(H,27,29). The molecule has 162 valence electrons. The van der Waals surface area contributed by atoms with E-state index in [4.69, 9.17) is 9.72 Å². The fourth-order valence-corrected chi connectivity index (χ4v) is 4.53. The number of nitrogens with zero attached hydrogens (tertiary/aromatic N) is 1. The van der Waals surface area contributed by atoms with Gasteiger partial charge in [-0.15, -0.1) is 11.3 Å². The van der Waals surface area contributed by atoms with Crippen LogP contribution in [0.4, 0.5) is 5.69 Å². The van der Waals surface area contributed by atoms with E-state index < -0.39 is 11.9 Å². The quantitative estimate of drug-likeness (QED) is 0.296. The Morgan fingerprint density at radius 2 is 1.78 bits per heavy atom. The molecule has 1 heterocycles. The molecule has 0 radical (unpaired) electrons. The second-order valence-corrected chi connectivity index (χ2v) is 8.58. The van der Waals surface area contributed by atoms with Crippen LogP contribution in [0.5, 0.6) is 0 Å². The molecular formula is C26H24N2O3S. The Kier molecular flexibility index (Phi) is 6.61. The molecule has 1 N–H and O–H groups in total. The minimum Gasteiger partial charge on any atom is -0.465 e. The SMILES string of the molecule is CCOC(=O)C(Cc1ccccc1)C(=O)Nc1ccc(-c2nc3ccc(C)cc3s2)cc1. The summed E-state index contributed by atoms with van der Waals surface area (Å²) < 4.78 is 6.29. The van der Waals surface area contributed by atoms with Gasteiger partial charge in [0, 0.05) is 11.3 Å². The maximum Gasteiger partial charge on any atom is 0.318 e. The van der Waals surface area contributed by atoms with Gasteiger partial charge in [-0.25, -0.2) is 4.98 Å². The highest BCUT2D eigenvalue weighted by Crippen LogP contribution is 2.31. The predicted molar refractivity (Wildman–Crippen MR) is 129 cm³/mol. The molecule has 0 aliphatic heterocycles. The number of carbonyl (C=O) groups is 2. The van der Waals surface area contributed by atoms with Crippen molar-refractivity contribution in [3.05, 3.63) is 83.9 Å². The molecule has 0 aliphatic carbocycles. The summed E-state index contributed by atoms with van der Waals surface area (Å²) in [4.78, 5) is 30.1. The molecule has 0 saturated heterocycles. The second-order valence-electron chi connectivity index (χ2n) is 7.55. The lowest BCUT2D eigenvalue weighted by Gasteiger charge is -2.16. The number of amides is 1. The zero-order valence-corrected chi connectivity index (χ0v) is 18.8. The zero-order chi connectivity index (χ0) is 22.5. The van der Waals surface area contributed by atoms with Crippen LogP contribution in [0.3, 0.4) is 0 Å². The molecule has 5 nitrogen and oxygen atoms in total. The number of fused-ring (bicyclic) bond motifs is 1. The van der Waals surface area contributed by atoms with Crippen LogP contribution in [0.2, 0.25) is 0 Å². The van der Waals surface area contributed by atoms with Gasteiger partial charge in [0.15, 0.2) is 0 Å². The fourth-order valence-electron chi connectivity index (χ4n) is 3.46. The summed E-state index contributed by atoms with van der Waals surface area (Å²) in [6, 6.07) is 23.2. The van der Waals surface area contributed by atoms with Gasteiger partial charge >= 0.3 is 5.97 Å². The number of thiazole rings is 1. The summed E-state index contributed by atoms with van der Waals surface area (Å²) in [5.41, 5.74) is 4.69. The van der Waals surface area contributed by atoms with Crippen molar-refractivity contribution in [3.63, 3.8) is 0 Å². The highest BCUT2D eigenvalue weighted by Gasteiger charge is 2.28. The van der Waals surface area contributed by atoms with Gasteiger partial charge < -0.3 is 10.1 Å². The maximum atomic E-state index is 12.9. The Labute approximate surface area is 191 Å². The van der Waals surface area contributed by atoms with E-state index in [0.717, 1.165) is 26.4 Å². The van der Waals surface area contributed by atoms with Crippen LogP contribution in [0.25, 0.3) is 20.8 Å². The lowest BCUT2D eigenvalue weighted by Crippen LogP contribution is -2.33. The van der Waals surface area contributed by atoms with Crippen molar-refractivity contribution in [2.24, 2.45) is 5.92 Å². The number of ether oxygens (including phenoxy) is 1. The van der Waals surface area contributed by atoms with E-state index in [1.807, 2.05) is 60.7 Å². The minimum absolute atomic E-state index is 0.230. The lowest BCUT2D eigenvalue weighted by atomic mass is 9.98. The van der Waals surface area contributed by atoms with E-state index >= 15 is 0 Å². The number of hydrogen-bond acceptors (Lipinski definition) is 5. The number of aromatic nitrogens is 1. The molecule has 4 rings (SSSR count). The summed E-state index contributed by atoms with van der Waals surface area (Å²) in [6.07, 6.45) is 0.286. The molecule has 3 aromatic carbocycles. The molecule has 32 heavy (non-hydrogen) atoms. The predicted octanol–water partition coefficient (Wildman–Crippen LogP) is 5.63. The van der Waals surface area contributed by atoms with Gasteiger partial charge in [-0.2, -0.15) is 0 Å². The van der Waals surface area contributed by atoms with Gasteiger partial charge in [-0.05, 0) is 67.8 Å². The number of hydrogen-bond donors (Lipinski definition) is 1. The molecule has 1 unspecified atom stereocenters. The summed E-state index contributed by atoms with van der Waals surface area (Å²) >= 11 is 1.64. The second kappa shape index (κ2) is 9.75. The Hall–Kier alpha value is -3.51. The average molecular weight is 445 g/mol. The molecule has 1 atom stereocenters. The van der Waals surface area contributed by atoms with Crippen molar-refractivity contribution in [1.29, 1.82) is 0 Å². The maximum absolute atomic E-state index is 12.9. The van der Waals surface area contributed by atoms with Gasteiger partial charge in [0.1, 0.15) is 10.9 Å². The molecular weight excluding hydrogens is 420 g/mol. The van der Waals surface area contributed by atoms with E-state index in [0.29, 0.717) is 5.69 Å². The third kappa shape index (κ3) is 5.03. The number of benzene rings is 3. The topological polar surface area (TPSA) is 68.3 Å². The number of nitrogens with one attached hydrogen (secondary N) is 1. The first-order chi connectivity index (χ1) is 15.5. The molecule has 6 heteroatoms. The van der Waals surface area contributed by atoms with Crippen molar-refractivity contribution in [2.45, 2.75) is 20.3 Å². The van der Waals surface area contributed by atoms with Crippen LogP contribution in [0, 0.1) is 12.8 Å². The number of rotatable bonds is 7. The molecule has 0 aliphatic rings. The third-order valence-electron chi connectivity index (χ3n) is 5.11. The van der Waals surface area contributed by atoms with Gasteiger partial charge in [-0.1, -0.05) is 36.4 Å². The van der Waals surface area contributed by atoms with Gasteiger partial charge in [0.2, 0.25) is 5.91 Å².